The maximum atomic E-state index is 13.3. The molecule has 3 aromatic heterocycles. The predicted molar refractivity (Wildman–Crippen MR) is 144 cm³/mol. The van der Waals surface area contributed by atoms with Crippen LogP contribution in [0.2, 0.25) is 0 Å². The van der Waals surface area contributed by atoms with E-state index in [2.05, 4.69) is 44.1 Å². The number of halogens is 1. The van der Waals surface area contributed by atoms with Crippen LogP contribution < -0.4 is 5.32 Å². The highest BCUT2D eigenvalue weighted by atomic mass is 127. The fraction of sp³-hybridized carbons (Fsp3) is 0.296. The van der Waals surface area contributed by atoms with Crippen LogP contribution in [0.25, 0.3) is 5.65 Å². The van der Waals surface area contributed by atoms with E-state index in [1.54, 1.807) is 6.20 Å². The summed E-state index contributed by atoms with van der Waals surface area (Å²) in [4.78, 5) is 36.8. The number of hydrogen-bond acceptors (Lipinski definition) is 6. The van der Waals surface area contributed by atoms with Crippen LogP contribution in [-0.2, 0) is 11.3 Å². The molecule has 0 radical (unpaired) electrons. The van der Waals surface area contributed by atoms with Gasteiger partial charge in [0.15, 0.2) is 11.4 Å². The Morgan fingerprint density at radius 1 is 1.11 bits per heavy atom. The van der Waals surface area contributed by atoms with Crippen molar-refractivity contribution in [1.82, 2.24) is 24.5 Å². The summed E-state index contributed by atoms with van der Waals surface area (Å²) in [5, 5.41) is 8.00. The minimum Gasteiger partial charge on any atom is -0.366 e. The third kappa shape index (κ3) is 4.25. The zero-order valence-corrected chi connectivity index (χ0v) is 21.8. The van der Waals surface area contributed by atoms with Gasteiger partial charge in [-0.2, -0.15) is 9.61 Å². The number of Topliss-reactive ketones (excluding diaryl/α,β-unsaturated/α-hetero) is 1. The molecule has 4 heterocycles. The van der Waals surface area contributed by atoms with Gasteiger partial charge in [-0.05, 0) is 52.6 Å². The van der Waals surface area contributed by atoms with E-state index in [0.717, 1.165) is 44.7 Å². The number of likely N-dealkylation sites (tertiary alicyclic amines) is 1. The van der Waals surface area contributed by atoms with E-state index < -0.39 is 0 Å². The van der Waals surface area contributed by atoms with E-state index in [-0.39, 0.29) is 29.9 Å². The molecule has 6 rings (SSSR count). The zero-order valence-electron chi connectivity index (χ0n) is 19.6. The first kappa shape index (κ1) is 23.1. The number of nitrogens with zero attached hydrogens (tertiary/aromatic N) is 5. The van der Waals surface area contributed by atoms with Gasteiger partial charge in [0, 0.05) is 61.7 Å². The molecule has 2 aliphatic rings. The molecular weight excluding hydrogens is 567 g/mol. The maximum absolute atomic E-state index is 13.3. The topological polar surface area (TPSA) is 92.5 Å². The van der Waals surface area contributed by atoms with Crippen molar-refractivity contribution in [3.05, 3.63) is 87.0 Å². The summed E-state index contributed by atoms with van der Waals surface area (Å²) in [7, 11) is 0. The highest BCUT2D eigenvalue weighted by Crippen LogP contribution is 2.36. The summed E-state index contributed by atoms with van der Waals surface area (Å²) in [5.41, 5.74) is 4.51. The number of piperidine rings is 1. The third-order valence-electron chi connectivity index (χ3n) is 7.19. The van der Waals surface area contributed by atoms with Crippen molar-refractivity contribution in [3.8, 4) is 0 Å². The molecule has 1 aliphatic carbocycles. The lowest BCUT2D eigenvalue weighted by Gasteiger charge is -2.33. The molecule has 36 heavy (non-hydrogen) atoms. The van der Waals surface area contributed by atoms with E-state index in [9.17, 15) is 9.59 Å². The van der Waals surface area contributed by atoms with Gasteiger partial charge < -0.3 is 10.2 Å². The van der Waals surface area contributed by atoms with E-state index in [4.69, 9.17) is 4.98 Å². The Balaban J connectivity index is 1.18. The van der Waals surface area contributed by atoms with Gasteiger partial charge in [-0.1, -0.05) is 30.3 Å². The molecule has 1 aromatic carbocycles. The van der Waals surface area contributed by atoms with E-state index >= 15 is 0 Å². The Morgan fingerprint density at radius 3 is 2.75 bits per heavy atom. The molecule has 1 amide bonds. The average Bonchev–Trinajstić information content (AvgIpc) is 3.47. The van der Waals surface area contributed by atoms with Crippen molar-refractivity contribution in [3.63, 3.8) is 0 Å². The number of hydrogen-bond donors (Lipinski definition) is 1. The number of fused-ring (bicyclic) bond motifs is 2. The van der Waals surface area contributed by atoms with E-state index in [0.29, 0.717) is 25.2 Å². The number of ketones is 1. The maximum Gasteiger partial charge on any atom is 0.230 e. The molecule has 1 unspecified atom stereocenters. The third-order valence-corrected chi connectivity index (χ3v) is 7.96. The van der Waals surface area contributed by atoms with Crippen LogP contribution in [0.15, 0.2) is 61.1 Å². The van der Waals surface area contributed by atoms with Crippen LogP contribution in [0.5, 0.6) is 0 Å². The highest BCUT2D eigenvalue weighted by molar-refractivity contribution is 14.1. The van der Waals surface area contributed by atoms with Crippen molar-refractivity contribution in [2.45, 2.75) is 37.6 Å². The normalized spacial score (nSPS) is 18.0. The molecule has 9 heteroatoms. The Morgan fingerprint density at radius 2 is 1.94 bits per heavy atom. The molecule has 1 fully saturated rings. The minimum atomic E-state index is -0.351. The van der Waals surface area contributed by atoms with Crippen molar-refractivity contribution in [2.24, 2.45) is 0 Å². The fourth-order valence-electron chi connectivity index (χ4n) is 5.28. The van der Waals surface area contributed by atoms with Gasteiger partial charge in [-0.15, -0.1) is 0 Å². The largest absolute Gasteiger partial charge is 0.366 e. The SMILES string of the molecule is O=C1CC(C(=O)N2CCC(c3cc(NCc4cccnc4)n4ncc(I)c4n3)CC2)c2ccccc21. The van der Waals surface area contributed by atoms with Crippen LogP contribution in [0.4, 0.5) is 5.82 Å². The molecule has 0 spiro atoms. The number of carbonyl (C=O) groups is 2. The first-order chi connectivity index (χ1) is 17.6. The Bertz CT molecular complexity index is 1450. The average molecular weight is 592 g/mol. The Labute approximate surface area is 222 Å². The van der Waals surface area contributed by atoms with Crippen LogP contribution in [-0.4, -0.2) is 49.3 Å². The number of benzene rings is 1. The van der Waals surface area contributed by atoms with Gasteiger partial charge in [0.05, 0.1) is 15.7 Å². The summed E-state index contributed by atoms with van der Waals surface area (Å²) in [6.07, 6.45) is 7.39. The van der Waals surface area contributed by atoms with Crippen LogP contribution in [0.3, 0.4) is 0 Å². The second kappa shape index (κ2) is 9.61. The molecular formula is C27H25IN6O2. The molecule has 0 saturated carbocycles. The molecule has 1 N–H and O–H groups in total. The quantitative estimate of drug-likeness (QED) is 0.345. The number of amides is 1. The monoisotopic (exact) mass is 592 g/mol. The van der Waals surface area contributed by atoms with Crippen molar-refractivity contribution in [1.29, 1.82) is 0 Å². The summed E-state index contributed by atoms with van der Waals surface area (Å²) in [5.74, 6) is 0.927. The number of aromatic nitrogens is 4. The molecule has 0 bridgehead atoms. The second-order valence-corrected chi connectivity index (χ2v) is 10.5. The molecule has 1 atom stereocenters. The van der Waals surface area contributed by atoms with Gasteiger partial charge in [0.2, 0.25) is 5.91 Å². The fourth-order valence-corrected chi connectivity index (χ4v) is 5.76. The lowest BCUT2D eigenvalue weighted by Crippen LogP contribution is -2.40. The molecule has 1 saturated heterocycles. The van der Waals surface area contributed by atoms with Gasteiger partial charge in [0.1, 0.15) is 5.82 Å². The minimum absolute atomic E-state index is 0.0677. The molecule has 4 aromatic rings. The first-order valence-corrected chi connectivity index (χ1v) is 13.2. The summed E-state index contributed by atoms with van der Waals surface area (Å²) in [6.45, 7) is 1.97. The zero-order chi connectivity index (χ0) is 24.6. The summed E-state index contributed by atoms with van der Waals surface area (Å²) >= 11 is 2.27. The van der Waals surface area contributed by atoms with Gasteiger partial charge in [-0.3, -0.25) is 14.6 Å². The Hall–Kier alpha value is -3.34. The first-order valence-electron chi connectivity index (χ1n) is 12.2. The van der Waals surface area contributed by atoms with Crippen LogP contribution >= 0.6 is 22.6 Å². The number of carbonyl (C=O) groups excluding carboxylic acids is 2. The number of nitrogens with one attached hydrogen (secondary N) is 1. The van der Waals surface area contributed by atoms with Crippen molar-refractivity contribution < 1.29 is 9.59 Å². The smallest absolute Gasteiger partial charge is 0.230 e. The number of pyridine rings is 1. The lowest BCUT2D eigenvalue weighted by atomic mass is 9.91. The number of rotatable bonds is 5. The van der Waals surface area contributed by atoms with Gasteiger partial charge >= 0.3 is 0 Å². The standard InChI is InChI=1S/C27H25IN6O2/c28-22-16-31-34-25(30-15-17-4-3-9-29-14-17)13-23(32-26(22)34)18-7-10-33(11-8-18)27(36)21-12-24(35)20-6-2-1-5-19(20)21/h1-6,9,13-14,16,18,21,30H,7-8,10-12,15H2. The van der Waals surface area contributed by atoms with E-state index in [1.807, 2.05) is 58.2 Å². The number of anilines is 1. The van der Waals surface area contributed by atoms with Crippen molar-refractivity contribution in [2.75, 3.05) is 18.4 Å². The highest BCUT2D eigenvalue weighted by Gasteiger charge is 2.37. The molecule has 1 aliphatic heterocycles. The summed E-state index contributed by atoms with van der Waals surface area (Å²) in [6, 6.07) is 13.6. The van der Waals surface area contributed by atoms with Crippen LogP contribution in [0, 0.1) is 3.57 Å². The van der Waals surface area contributed by atoms with Gasteiger partial charge in [0.25, 0.3) is 0 Å². The van der Waals surface area contributed by atoms with Gasteiger partial charge in [-0.25, -0.2) is 4.98 Å². The lowest BCUT2D eigenvalue weighted by molar-refractivity contribution is -0.133. The second-order valence-electron chi connectivity index (χ2n) is 9.38. The van der Waals surface area contributed by atoms with E-state index in [1.165, 1.54) is 0 Å². The predicted octanol–water partition coefficient (Wildman–Crippen LogP) is 4.42. The molecule has 8 nitrogen and oxygen atoms in total. The summed E-state index contributed by atoms with van der Waals surface area (Å²) < 4.78 is 2.84. The Kier molecular flexibility index (Phi) is 6.16. The van der Waals surface area contributed by atoms with Crippen LogP contribution in [0.1, 0.15) is 58.3 Å². The van der Waals surface area contributed by atoms with Crippen molar-refractivity contribution >= 4 is 45.7 Å². The molecule has 182 valence electrons.